The van der Waals surface area contributed by atoms with Crippen molar-refractivity contribution >= 4 is 11.5 Å². The van der Waals surface area contributed by atoms with Crippen LogP contribution in [0.4, 0.5) is 11.5 Å². The third-order valence-corrected chi connectivity index (χ3v) is 0.936. The summed E-state index contributed by atoms with van der Waals surface area (Å²) in [6.45, 7) is 1.71. The zero-order valence-electron chi connectivity index (χ0n) is 4.51. The second-order valence-corrected chi connectivity index (χ2v) is 1.54. The molecule has 4 heteroatoms. The van der Waals surface area contributed by atoms with Crippen LogP contribution in [0.15, 0.2) is 4.52 Å². The van der Waals surface area contributed by atoms with E-state index in [0.29, 0.717) is 11.4 Å². The summed E-state index contributed by atoms with van der Waals surface area (Å²) in [6.07, 6.45) is 0. The monoisotopic (exact) mass is 113 g/mol. The Morgan fingerprint density at radius 3 is 2.25 bits per heavy atom. The van der Waals surface area contributed by atoms with E-state index in [9.17, 15) is 0 Å². The second kappa shape index (κ2) is 1.40. The van der Waals surface area contributed by atoms with Crippen molar-refractivity contribution in [1.29, 1.82) is 0 Å². The van der Waals surface area contributed by atoms with Crippen molar-refractivity contribution in [1.82, 2.24) is 5.16 Å². The molecule has 0 spiro atoms. The molecule has 1 aromatic rings. The summed E-state index contributed by atoms with van der Waals surface area (Å²) in [5.74, 6) is 0.838. The van der Waals surface area contributed by atoms with Crippen LogP contribution in [0.1, 0.15) is 5.76 Å². The van der Waals surface area contributed by atoms with Crippen LogP contribution in [-0.2, 0) is 0 Å². The van der Waals surface area contributed by atoms with E-state index in [1.165, 1.54) is 0 Å². The quantitative estimate of drug-likeness (QED) is 0.502. The third kappa shape index (κ3) is 0.501. The largest absolute Gasteiger partial charge is 0.393 e. The van der Waals surface area contributed by atoms with E-state index >= 15 is 0 Å². The van der Waals surface area contributed by atoms with Crippen LogP contribution in [-0.4, -0.2) is 5.16 Å². The molecule has 0 bridgehead atoms. The highest BCUT2D eigenvalue weighted by Crippen LogP contribution is 2.15. The summed E-state index contributed by atoms with van der Waals surface area (Å²) in [6, 6.07) is 0. The molecule has 1 rings (SSSR count). The number of aromatic nitrogens is 1. The van der Waals surface area contributed by atoms with E-state index in [4.69, 9.17) is 11.5 Å². The number of hydrogen-bond acceptors (Lipinski definition) is 4. The normalized spacial score (nSPS) is 9.62. The molecule has 0 fully saturated rings. The maximum absolute atomic E-state index is 5.32. The Morgan fingerprint density at radius 2 is 2.12 bits per heavy atom. The topological polar surface area (TPSA) is 78.1 Å². The van der Waals surface area contributed by atoms with Crippen molar-refractivity contribution in [2.24, 2.45) is 0 Å². The molecule has 1 aromatic heterocycles. The molecule has 0 amide bonds. The SMILES string of the molecule is Cc1onc(N)c1N. The summed E-state index contributed by atoms with van der Waals surface area (Å²) in [7, 11) is 0. The van der Waals surface area contributed by atoms with Crippen molar-refractivity contribution in [3.05, 3.63) is 5.76 Å². The molecular weight excluding hydrogens is 106 g/mol. The Labute approximate surface area is 46.4 Å². The molecule has 0 aliphatic heterocycles. The molecule has 4 nitrogen and oxygen atoms in total. The van der Waals surface area contributed by atoms with E-state index in [0.717, 1.165) is 0 Å². The van der Waals surface area contributed by atoms with Gasteiger partial charge in [0, 0.05) is 0 Å². The van der Waals surface area contributed by atoms with Gasteiger partial charge in [-0.05, 0) is 6.92 Å². The summed E-state index contributed by atoms with van der Waals surface area (Å²) < 4.78 is 4.59. The van der Waals surface area contributed by atoms with Gasteiger partial charge >= 0.3 is 0 Å². The fourth-order valence-corrected chi connectivity index (χ4v) is 0.396. The molecule has 0 radical (unpaired) electrons. The number of nitrogens with zero attached hydrogens (tertiary/aromatic N) is 1. The summed E-state index contributed by atoms with van der Waals surface area (Å²) in [5.41, 5.74) is 11.0. The lowest BCUT2D eigenvalue weighted by Gasteiger charge is -1.81. The molecule has 0 aromatic carbocycles. The summed E-state index contributed by atoms with van der Waals surface area (Å²) >= 11 is 0. The number of nitrogens with two attached hydrogens (primary N) is 2. The second-order valence-electron chi connectivity index (χ2n) is 1.54. The van der Waals surface area contributed by atoms with Gasteiger partial charge in [-0.1, -0.05) is 5.16 Å². The van der Waals surface area contributed by atoms with Crippen molar-refractivity contribution in [3.63, 3.8) is 0 Å². The Bertz CT molecular complexity index is 174. The molecular formula is C4H7N3O. The Morgan fingerprint density at radius 1 is 1.50 bits per heavy atom. The Hall–Kier alpha value is -1.19. The minimum atomic E-state index is 0.266. The highest BCUT2D eigenvalue weighted by atomic mass is 16.5. The Balaban J connectivity index is 3.19. The van der Waals surface area contributed by atoms with E-state index < -0.39 is 0 Å². The van der Waals surface area contributed by atoms with Gasteiger partial charge in [-0.3, -0.25) is 0 Å². The molecule has 0 aliphatic carbocycles. The van der Waals surface area contributed by atoms with Gasteiger partial charge in [0.2, 0.25) is 0 Å². The molecule has 0 saturated carbocycles. The van der Waals surface area contributed by atoms with Gasteiger partial charge in [-0.15, -0.1) is 0 Å². The first-order valence-corrected chi connectivity index (χ1v) is 2.19. The average molecular weight is 113 g/mol. The molecule has 0 saturated heterocycles. The number of anilines is 2. The molecule has 8 heavy (non-hydrogen) atoms. The van der Waals surface area contributed by atoms with E-state index in [1.807, 2.05) is 0 Å². The van der Waals surface area contributed by atoms with Crippen LogP contribution < -0.4 is 11.5 Å². The van der Waals surface area contributed by atoms with Gasteiger partial charge in [0.25, 0.3) is 0 Å². The van der Waals surface area contributed by atoms with Gasteiger partial charge in [0.05, 0.1) is 0 Å². The van der Waals surface area contributed by atoms with Crippen molar-refractivity contribution in [2.75, 3.05) is 11.5 Å². The van der Waals surface area contributed by atoms with Gasteiger partial charge in [0.1, 0.15) is 5.69 Å². The standard InChI is InChI=1S/C4H7N3O/c1-2-3(5)4(6)7-8-2/h5H2,1H3,(H2,6,7). The maximum atomic E-state index is 5.32. The van der Waals surface area contributed by atoms with Gasteiger partial charge in [0.15, 0.2) is 11.6 Å². The van der Waals surface area contributed by atoms with E-state index in [-0.39, 0.29) is 5.82 Å². The van der Waals surface area contributed by atoms with Gasteiger partial charge < -0.3 is 16.0 Å². The lowest BCUT2D eigenvalue weighted by Crippen LogP contribution is -1.91. The van der Waals surface area contributed by atoms with Crippen molar-refractivity contribution < 1.29 is 4.52 Å². The average Bonchev–Trinajstić information content (AvgIpc) is 1.98. The van der Waals surface area contributed by atoms with Crippen molar-refractivity contribution in [2.45, 2.75) is 6.92 Å². The lowest BCUT2D eigenvalue weighted by atomic mass is 10.4. The van der Waals surface area contributed by atoms with Gasteiger partial charge in [-0.2, -0.15) is 0 Å². The fraction of sp³-hybridized carbons (Fsp3) is 0.250. The van der Waals surface area contributed by atoms with Crippen LogP contribution in [0.25, 0.3) is 0 Å². The number of rotatable bonds is 0. The van der Waals surface area contributed by atoms with Crippen LogP contribution in [0, 0.1) is 6.92 Å². The minimum absolute atomic E-state index is 0.266. The van der Waals surface area contributed by atoms with Crippen LogP contribution in [0.2, 0.25) is 0 Å². The third-order valence-electron chi connectivity index (χ3n) is 0.936. The molecule has 1 heterocycles. The number of hydrogen-bond donors (Lipinski definition) is 2. The van der Waals surface area contributed by atoms with Crippen molar-refractivity contribution in [3.8, 4) is 0 Å². The number of aryl methyl sites for hydroxylation is 1. The summed E-state index contributed by atoms with van der Waals surface area (Å²) in [5, 5.41) is 3.39. The molecule has 4 N–H and O–H groups in total. The first-order chi connectivity index (χ1) is 3.72. The van der Waals surface area contributed by atoms with Crippen LogP contribution in [0.3, 0.4) is 0 Å². The minimum Gasteiger partial charge on any atom is -0.393 e. The lowest BCUT2D eigenvalue weighted by molar-refractivity contribution is 0.401. The highest BCUT2D eigenvalue weighted by Gasteiger charge is 2.02. The fourth-order valence-electron chi connectivity index (χ4n) is 0.396. The first-order valence-electron chi connectivity index (χ1n) is 2.19. The van der Waals surface area contributed by atoms with E-state index in [2.05, 4.69) is 9.68 Å². The molecule has 44 valence electrons. The molecule has 0 aliphatic rings. The smallest absolute Gasteiger partial charge is 0.190 e. The zero-order chi connectivity index (χ0) is 6.15. The van der Waals surface area contributed by atoms with Crippen LogP contribution in [0.5, 0.6) is 0 Å². The van der Waals surface area contributed by atoms with E-state index in [1.54, 1.807) is 6.92 Å². The summed E-state index contributed by atoms with van der Waals surface area (Å²) in [4.78, 5) is 0. The Kier molecular flexibility index (Phi) is 0.865. The first kappa shape index (κ1) is 4.96. The van der Waals surface area contributed by atoms with Gasteiger partial charge in [-0.25, -0.2) is 0 Å². The predicted molar refractivity (Wildman–Crippen MR) is 30.1 cm³/mol. The number of nitrogen functional groups attached to an aromatic ring is 2. The zero-order valence-corrected chi connectivity index (χ0v) is 4.51. The predicted octanol–water partition coefficient (Wildman–Crippen LogP) is 0.147. The molecule has 0 unspecified atom stereocenters. The maximum Gasteiger partial charge on any atom is 0.190 e. The highest BCUT2D eigenvalue weighted by molar-refractivity contribution is 5.59. The van der Waals surface area contributed by atoms with Crippen LogP contribution >= 0.6 is 0 Å². The molecule has 0 atom stereocenters.